The van der Waals surface area contributed by atoms with Gasteiger partial charge in [-0.3, -0.25) is 25.3 Å². The van der Waals surface area contributed by atoms with Crippen molar-refractivity contribution in [3.8, 4) is 0 Å². The number of nitrogens with one attached hydrogen (secondary N) is 2. The second-order valence-electron chi connectivity index (χ2n) is 6.38. The Morgan fingerprint density at radius 2 is 1.68 bits per heavy atom. The van der Waals surface area contributed by atoms with E-state index in [4.69, 9.17) is 23.2 Å². The Morgan fingerprint density at radius 3 is 2.39 bits per heavy atom. The zero-order valence-electron chi connectivity index (χ0n) is 15.2. The molecule has 2 N–H and O–H groups in total. The monoisotopic (exact) mass is 421 g/mol. The fourth-order valence-corrected chi connectivity index (χ4v) is 3.29. The largest absolute Gasteiger partial charge is 0.369 e. The van der Waals surface area contributed by atoms with Crippen LogP contribution in [0.2, 0.25) is 10.2 Å². The van der Waals surface area contributed by atoms with Gasteiger partial charge in [-0.15, -0.1) is 0 Å². The summed E-state index contributed by atoms with van der Waals surface area (Å²) in [4.78, 5) is 32.5. The van der Waals surface area contributed by atoms with Crippen LogP contribution < -0.4 is 15.8 Å². The molecule has 0 atom stereocenters. The topological polar surface area (TPSA) is 77.6 Å². The number of piperazine rings is 1. The lowest BCUT2D eigenvalue weighted by Gasteiger charge is -2.36. The Labute approximate surface area is 173 Å². The maximum atomic E-state index is 12.1. The summed E-state index contributed by atoms with van der Waals surface area (Å²) in [6.45, 7) is 4.23. The van der Waals surface area contributed by atoms with E-state index in [0.717, 1.165) is 26.2 Å². The molecule has 1 aromatic carbocycles. The molecule has 2 heterocycles. The van der Waals surface area contributed by atoms with Gasteiger partial charge in [0, 0.05) is 44.8 Å². The number of hydrogen-bond acceptors (Lipinski definition) is 5. The van der Waals surface area contributed by atoms with Crippen LogP contribution in [0.1, 0.15) is 16.9 Å². The van der Waals surface area contributed by atoms with Crippen LogP contribution in [-0.2, 0) is 4.79 Å². The molecular weight excluding hydrogens is 401 g/mol. The fraction of sp³-hybridized carbons (Fsp3) is 0.316. The van der Waals surface area contributed by atoms with Gasteiger partial charge in [0.2, 0.25) is 5.91 Å². The number of para-hydroxylation sites is 1. The van der Waals surface area contributed by atoms with Gasteiger partial charge in [0.05, 0.1) is 5.02 Å². The number of halogens is 2. The standard InChI is InChI=1S/C19H21Cl2N5O2/c20-15-6-7-16(21)22-18(15)19(28)24-23-17(27)8-9-25-10-12-26(13-11-25)14-4-2-1-3-5-14/h1-7H,8-13H2,(H,23,27)(H,24,28). The highest BCUT2D eigenvalue weighted by Crippen LogP contribution is 2.17. The molecule has 148 valence electrons. The molecule has 2 aromatic rings. The van der Waals surface area contributed by atoms with E-state index in [2.05, 4.69) is 37.8 Å². The van der Waals surface area contributed by atoms with Crippen LogP contribution in [0, 0.1) is 0 Å². The first kappa shape index (κ1) is 20.4. The molecule has 2 amide bonds. The normalized spacial score (nSPS) is 14.6. The summed E-state index contributed by atoms with van der Waals surface area (Å²) in [5.74, 6) is -0.894. The molecule has 9 heteroatoms. The van der Waals surface area contributed by atoms with Crippen molar-refractivity contribution in [1.82, 2.24) is 20.7 Å². The Kier molecular flexibility index (Phi) is 7.08. The zero-order valence-corrected chi connectivity index (χ0v) is 16.7. The summed E-state index contributed by atoms with van der Waals surface area (Å²) in [5.41, 5.74) is 5.88. The number of hydrazine groups is 1. The Balaban J connectivity index is 1.38. The van der Waals surface area contributed by atoms with E-state index in [1.54, 1.807) is 0 Å². The maximum Gasteiger partial charge on any atom is 0.289 e. The molecule has 1 aliphatic heterocycles. The lowest BCUT2D eigenvalue weighted by atomic mass is 10.2. The minimum atomic E-state index is -0.614. The number of aromatic nitrogens is 1. The molecule has 1 fully saturated rings. The summed E-state index contributed by atoms with van der Waals surface area (Å²) >= 11 is 11.7. The van der Waals surface area contributed by atoms with E-state index < -0.39 is 5.91 Å². The molecule has 0 bridgehead atoms. The summed E-state index contributed by atoms with van der Waals surface area (Å²) in [6, 6.07) is 13.2. The van der Waals surface area contributed by atoms with Crippen LogP contribution >= 0.6 is 23.2 Å². The molecule has 0 unspecified atom stereocenters. The average molecular weight is 422 g/mol. The number of carbonyl (C=O) groups is 2. The average Bonchev–Trinajstić information content (AvgIpc) is 2.73. The Bertz CT molecular complexity index is 826. The van der Waals surface area contributed by atoms with Gasteiger partial charge in [-0.2, -0.15) is 0 Å². The molecular formula is C19H21Cl2N5O2. The van der Waals surface area contributed by atoms with Crippen molar-refractivity contribution in [2.45, 2.75) is 6.42 Å². The van der Waals surface area contributed by atoms with Crippen molar-refractivity contribution in [2.75, 3.05) is 37.6 Å². The molecule has 28 heavy (non-hydrogen) atoms. The lowest BCUT2D eigenvalue weighted by molar-refractivity contribution is -0.122. The van der Waals surface area contributed by atoms with Crippen molar-refractivity contribution >= 4 is 40.7 Å². The van der Waals surface area contributed by atoms with Crippen LogP contribution in [-0.4, -0.2) is 54.4 Å². The number of carbonyl (C=O) groups excluding carboxylic acids is 2. The number of pyridine rings is 1. The van der Waals surface area contributed by atoms with Gasteiger partial charge in [0.25, 0.3) is 5.91 Å². The van der Waals surface area contributed by atoms with E-state index in [9.17, 15) is 9.59 Å². The van der Waals surface area contributed by atoms with E-state index in [0.29, 0.717) is 6.54 Å². The summed E-state index contributed by atoms with van der Waals surface area (Å²) in [7, 11) is 0. The number of nitrogens with zero attached hydrogens (tertiary/aromatic N) is 3. The number of rotatable bonds is 5. The van der Waals surface area contributed by atoms with E-state index >= 15 is 0 Å². The second-order valence-corrected chi connectivity index (χ2v) is 7.18. The van der Waals surface area contributed by atoms with Crippen molar-refractivity contribution in [3.05, 3.63) is 58.3 Å². The summed E-state index contributed by atoms with van der Waals surface area (Å²) in [5, 5.41) is 0.308. The first-order chi connectivity index (χ1) is 13.5. The predicted molar refractivity (Wildman–Crippen MR) is 110 cm³/mol. The van der Waals surface area contributed by atoms with Crippen molar-refractivity contribution < 1.29 is 9.59 Å². The van der Waals surface area contributed by atoms with Crippen LogP contribution in [0.5, 0.6) is 0 Å². The van der Waals surface area contributed by atoms with Crippen LogP contribution in [0.4, 0.5) is 5.69 Å². The maximum absolute atomic E-state index is 12.1. The van der Waals surface area contributed by atoms with Gasteiger partial charge >= 0.3 is 0 Å². The molecule has 1 aliphatic rings. The number of benzene rings is 1. The predicted octanol–water partition coefficient (Wildman–Crippen LogP) is 2.36. The van der Waals surface area contributed by atoms with Crippen LogP contribution in [0.3, 0.4) is 0 Å². The molecule has 0 spiro atoms. The van der Waals surface area contributed by atoms with Gasteiger partial charge in [-0.1, -0.05) is 41.4 Å². The van der Waals surface area contributed by atoms with Gasteiger partial charge < -0.3 is 4.90 Å². The van der Waals surface area contributed by atoms with Gasteiger partial charge in [-0.05, 0) is 24.3 Å². The van der Waals surface area contributed by atoms with Gasteiger partial charge in [0.15, 0.2) is 0 Å². The molecule has 1 saturated heterocycles. The Hall–Kier alpha value is -2.35. The molecule has 3 rings (SSSR count). The molecule has 1 aromatic heterocycles. The van der Waals surface area contributed by atoms with E-state index in [1.165, 1.54) is 17.8 Å². The third-order valence-corrected chi connectivity index (χ3v) is 5.01. The molecule has 7 nitrogen and oxygen atoms in total. The van der Waals surface area contributed by atoms with Crippen molar-refractivity contribution in [3.63, 3.8) is 0 Å². The molecule has 0 aliphatic carbocycles. The first-order valence-electron chi connectivity index (χ1n) is 8.96. The highest BCUT2D eigenvalue weighted by Gasteiger charge is 2.18. The van der Waals surface area contributed by atoms with Crippen molar-refractivity contribution in [1.29, 1.82) is 0 Å². The summed E-state index contributed by atoms with van der Waals surface area (Å²) in [6.07, 6.45) is 0.280. The van der Waals surface area contributed by atoms with Gasteiger partial charge in [-0.25, -0.2) is 4.98 Å². The number of hydrogen-bond donors (Lipinski definition) is 2. The number of amides is 2. The quantitative estimate of drug-likeness (QED) is 0.572. The van der Waals surface area contributed by atoms with Crippen LogP contribution in [0.25, 0.3) is 0 Å². The molecule has 0 radical (unpaired) electrons. The SMILES string of the molecule is O=C(CCN1CCN(c2ccccc2)CC1)NNC(=O)c1nc(Cl)ccc1Cl. The second kappa shape index (κ2) is 9.73. The Morgan fingerprint density at radius 1 is 0.964 bits per heavy atom. The smallest absolute Gasteiger partial charge is 0.289 e. The summed E-state index contributed by atoms with van der Waals surface area (Å²) < 4.78 is 0. The zero-order chi connectivity index (χ0) is 19.9. The number of anilines is 1. The third-order valence-electron chi connectivity index (χ3n) is 4.49. The van der Waals surface area contributed by atoms with E-state index in [-0.39, 0.29) is 28.2 Å². The first-order valence-corrected chi connectivity index (χ1v) is 9.72. The third kappa shape index (κ3) is 5.58. The van der Waals surface area contributed by atoms with Gasteiger partial charge in [0.1, 0.15) is 10.8 Å². The fourth-order valence-electron chi connectivity index (χ4n) is 2.95. The minimum absolute atomic E-state index is 0.0356. The van der Waals surface area contributed by atoms with E-state index in [1.807, 2.05) is 18.2 Å². The highest BCUT2D eigenvalue weighted by molar-refractivity contribution is 6.34. The molecule has 0 saturated carbocycles. The lowest BCUT2D eigenvalue weighted by Crippen LogP contribution is -2.48. The van der Waals surface area contributed by atoms with Crippen molar-refractivity contribution in [2.24, 2.45) is 0 Å². The highest BCUT2D eigenvalue weighted by atomic mass is 35.5. The van der Waals surface area contributed by atoms with Crippen LogP contribution in [0.15, 0.2) is 42.5 Å². The minimum Gasteiger partial charge on any atom is -0.369 e.